The van der Waals surface area contributed by atoms with E-state index in [-0.39, 0.29) is 29.8 Å². The van der Waals surface area contributed by atoms with Crippen molar-refractivity contribution in [3.63, 3.8) is 0 Å². The Bertz CT molecular complexity index is 453. The van der Waals surface area contributed by atoms with E-state index in [1.165, 1.54) is 6.07 Å². The summed E-state index contributed by atoms with van der Waals surface area (Å²) in [7, 11) is 0. The standard InChI is InChI=1S/C15H24FN3S.HI/c1-11(2)6-7-18-15(17)19-9-12-4-5-14(16)8-13(12)10-20-3;/h4-5,8,11H,6-7,9-10H2,1-3H3,(H3,17,18,19);1H. The number of nitrogens with zero attached hydrogens (tertiary/aromatic N) is 1. The molecular weight excluding hydrogens is 400 g/mol. The van der Waals surface area contributed by atoms with Crippen LogP contribution in [0.4, 0.5) is 4.39 Å². The summed E-state index contributed by atoms with van der Waals surface area (Å²) in [6.45, 7) is 5.65. The molecule has 0 saturated carbocycles. The summed E-state index contributed by atoms with van der Waals surface area (Å²) in [6, 6.07) is 4.83. The molecule has 1 aromatic rings. The fourth-order valence-electron chi connectivity index (χ4n) is 1.75. The molecule has 3 nitrogen and oxygen atoms in total. The Morgan fingerprint density at radius 1 is 1.38 bits per heavy atom. The number of hydrogen-bond acceptors (Lipinski definition) is 2. The zero-order valence-corrected chi connectivity index (χ0v) is 16.0. The van der Waals surface area contributed by atoms with Crippen LogP contribution in [0.3, 0.4) is 0 Å². The van der Waals surface area contributed by atoms with Crippen molar-refractivity contribution < 1.29 is 4.39 Å². The molecule has 0 radical (unpaired) electrons. The minimum Gasteiger partial charge on any atom is -0.370 e. The first kappa shape index (κ1) is 20.5. The molecule has 0 aliphatic heterocycles. The fraction of sp³-hybridized carbons (Fsp3) is 0.533. The van der Waals surface area contributed by atoms with Gasteiger partial charge in [0.05, 0.1) is 6.54 Å². The van der Waals surface area contributed by atoms with E-state index in [0.29, 0.717) is 18.4 Å². The number of halogens is 2. The Morgan fingerprint density at radius 2 is 2.10 bits per heavy atom. The van der Waals surface area contributed by atoms with E-state index in [9.17, 15) is 4.39 Å². The molecular formula is C15H25FIN3S. The number of hydrogen-bond donors (Lipinski definition) is 2. The van der Waals surface area contributed by atoms with Crippen LogP contribution in [0.15, 0.2) is 23.2 Å². The lowest BCUT2D eigenvalue weighted by Crippen LogP contribution is -2.32. The van der Waals surface area contributed by atoms with Crippen LogP contribution in [-0.2, 0) is 12.3 Å². The predicted molar refractivity (Wildman–Crippen MR) is 102 cm³/mol. The normalized spacial score (nSPS) is 11.4. The lowest BCUT2D eigenvalue weighted by atomic mass is 10.1. The number of aliphatic imine (C=N–C) groups is 1. The van der Waals surface area contributed by atoms with Crippen molar-refractivity contribution in [2.75, 3.05) is 12.8 Å². The molecule has 0 atom stereocenters. The van der Waals surface area contributed by atoms with Crippen molar-refractivity contribution in [2.45, 2.75) is 32.6 Å². The summed E-state index contributed by atoms with van der Waals surface area (Å²) in [4.78, 5) is 4.32. The van der Waals surface area contributed by atoms with Crippen molar-refractivity contribution in [3.8, 4) is 0 Å². The maximum absolute atomic E-state index is 13.2. The number of benzene rings is 1. The molecule has 120 valence electrons. The summed E-state index contributed by atoms with van der Waals surface area (Å²) in [5, 5.41) is 3.10. The van der Waals surface area contributed by atoms with Gasteiger partial charge in [-0.05, 0) is 41.9 Å². The highest BCUT2D eigenvalue weighted by Crippen LogP contribution is 2.17. The average Bonchev–Trinajstić information content (AvgIpc) is 2.37. The van der Waals surface area contributed by atoms with E-state index in [4.69, 9.17) is 5.73 Å². The first-order valence-corrected chi connectivity index (χ1v) is 8.22. The van der Waals surface area contributed by atoms with Gasteiger partial charge in [-0.25, -0.2) is 9.38 Å². The van der Waals surface area contributed by atoms with Gasteiger partial charge < -0.3 is 11.1 Å². The van der Waals surface area contributed by atoms with E-state index in [1.54, 1.807) is 23.9 Å². The lowest BCUT2D eigenvalue weighted by molar-refractivity contribution is 0.576. The van der Waals surface area contributed by atoms with Gasteiger partial charge >= 0.3 is 0 Å². The van der Waals surface area contributed by atoms with Crippen LogP contribution in [0.2, 0.25) is 0 Å². The Labute approximate surface area is 148 Å². The van der Waals surface area contributed by atoms with Crippen molar-refractivity contribution >= 4 is 41.7 Å². The van der Waals surface area contributed by atoms with Crippen LogP contribution >= 0.6 is 35.7 Å². The minimum absolute atomic E-state index is 0. The molecule has 6 heteroatoms. The minimum atomic E-state index is -0.204. The van der Waals surface area contributed by atoms with Crippen molar-refractivity contribution in [3.05, 3.63) is 35.1 Å². The third-order valence-corrected chi connectivity index (χ3v) is 3.52. The highest BCUT2D eigenvalue weighted by atomic mass is 127. The Balaban J connectivity index is 0.00000400. The molecule has 1 rings (SSSR count). The molecule has 0 spiro atoms. The van der Waals surface area contributed by atoms with Gasteiger partial charge in [-0.15, -0.1) is 24.0 Å². The van der Waals surface area contributed by atoms with Crippen molar-refractivity contribution in [1.29, 1.82) is 0 Å². The molecule has 0 aliphatic rings. The van der Waals surface area contributed by atoms with Crippen LogP contribution in [0, 0.1) is 11.7 Å². The molecule has 0 aromatic heterocycles. The molecule has 0 fully saturated rings. The SMILES string of the molecule is CSCc1cc(F)ccc1CN=C(N)NCCC(C)C.I. The quantitative estimate of drug-likeness (QED) is 0.398. The van der Waals surface area contributed by atoms with Gasteiger partial charge in [0.25, 0.3) is 0 Å². The predicted octanol–water partition coefficient (Wildman–Crippen LogP) is 3.76. The summed E-state index contributed by atoms with van der Waals surface area (Å²) in [6.07, 6.45) is 3.06. The second-order valence-electron chi connectivity index (χ2n) is 5.16. The second-order valence-corrected chi connectivity index (χ2v) is 6.02. The maximum atomic E-state index is 13.2. The van der Waals surface area contributed by atoms with E-state index in [0.717, 1.165) is 29.8 Å². The number of thioether (sulfide) groups is 1. The number of rotatable bonds is 7. The lowest BCUT2D eigenvalue weighted by Gasteiger charge is -2.09. The zero-order chi connectivity index (χ0) is 15.0. The third kappa shape index (κ3) is 8.50. The van der Waals surface area contributed by atoms with E-state index < -0.39 is 0 Å². The summed E-state index contributed by atoms with van der Waals surface area (Å²) in [5.41, 5.74) is 7.83. The van der Waals surface area contributed by atoms with Crippen LogP contribution in [0.5, 0.6) is 0 Å². The van der Waals surface area contributed by atoms with Crippen molar-refractivity contribution in [1.82, 2.24) is 5.32 Å². The van der Waals surface area contributed by atoms with Crippen LogP contribution in [0.25, 0.3) is 0 Å². The molecule has 1 aromatic carbocycles. The highest BCUT2D eigenvalue weighted by molar-refractivity contribution is 14.0. The van der Waals surface area contributed by atoms with Gasteiger partial charge in [0.1, 0.15) is 5.82 Å². The topological polar surface area (TPSA) is 50.4 Å². The summed E-state index contributed by atoms with van der Waals surface area (Å²) < 4.78 is 13.2. The molecule has 0 amide bonds. The van der Waals surface area contributed by atoms with Crippen LogP contribution in [-0.4, -0.2) is 18.8 Å². The molecule has 0 heterocycles. The van der Waals surface area contributed by atoms with Crippen LogP contribution < -0.4 is 11.1 Å². The van der Waals surface area contributed by atoms with E-state index in [1.807, 2.05) is 6.26 Å². The highest BCUT2D eigenvalue weighted by Gasteiger charge is 2.04. The van der Waals surface area contributed by atoms with Gasteiger partial charge in [-0.3, -0.25) is 0 Å². The van der Waals surface area contributed by atoms with Crippen LogP contribution in [0.1, 0.15) is 31.4 Å². The molecule has 21 heavy (non-hydrogen) atoms. The molecule has 0 bridgehead atoms. The largest absolute Gasteiger partial charge is 0.370 e. The van der Waals surface area contributed by atoms with E-state index in [2.05, 4.69) is 24.2 Å². The number of nitrogens with two attached hydrogens (primary N) is 1. The average molecular weight is 425 g/mol. The van der Waals surface area contributed by atoms with Gasteiger partial charge in [0, 0.05) is 12.3 Å². The molecule has 0 aliphatic carbocycles. The number of nitrogens with one attached hydrogen (secondary N) is 1. The maximum Gasteiger partial charge on any atom is 0.188 e. The second kappa shape index (κ2) is 11.1. The molecule has 3 N–H and O–H groups in total. The van der Waals surface area contributed by atoms with Gasteiger partial charge in [-0.1, -0.05) is 19.9 Å². The third-order valence-electron chi connectivity index (χ3n) is 2.92. The molecule has 0 saturated heterocycles. The first-order valence-electron chi connectivity index (χ1n) is 6.83. The Hall–Kier alpha value is -0.500. The number of guanidine groups is 1. The fourth-order valence-corrected chi connectivity index (χ4v) is 2.33. The summed E-state index contributed by atoms with van der Waals surface area (Å²) in [5.74, 6) is 1.67. The van der Waals surface area contributed by atoms with Gasteiger partial charge in [0.2, 0.25) is 0 Å². The Kier molecular flexibility index (Phi) is 10.9. The Morgan fingerprint density at radius 3 is 2.71 bits per heavy atom. The molecule has 0 unspecified atom stereocenters. The van der Waals surface area contributed by atoms with Gasteiger partial charge in [0.15, 0.2) is 5.96 Å². The van der Waals surface area contributed by atoms with Gasteiger partial charge in [-0.2, -0.15) is 11.8 Å². The zero-order valence-electron chi connectivity index (χ0n) is 12.9. The smallest absolute Gasteiger partial charge is 0.188 e. The van der Waals surface area contributed by atoms with Crippen molar-refractivity contribution in [2.24, 2.45) is 16.6 Å². The summed E-state index contributed by atoms with van der Waals surface area (Å²) >= 11 is 1.67. The monoisotopic (exact) mass is 425 g/mol. The van der Waals surface area contributed by atoms with E-state index >= 15 is 0 Å². The first-order chi connectivity index (χ1) is 9.52.